The van der Waals surface area contributed by atoms with Crippen molar-refractivity contribution in [3.63, 3.8) is 0 Å². The molecule has 0 rings (SSSR count). The summed E-state index contributed by atoms with van der Waals surface area (Å²) in [5.74, 6) is 0.0213. The number of alkyl halides is 1. The van der Waals surface area contributed by atoms with Gasteiger partial charge in [-0.05, 0) is 12.7 Å². The van der Waals surface area contributed by atoms with Gasteiger partial charge in [0.2, 0.25) is 0 Å². The molecule has 0 bridgehead atoms. The summed E-state index contributed by atoms with van der Waals surface area (Å²) in [4.78, 5) is 19.0. The Morgan fingerprint density at radius 3 is 2.29 bits per heavy atom. The zero-order valence-corrected chi connectivity index (χ0v) is 8.36. The zero-order chi connectivity index (χ0) is 11.6. The first-order chi connectivity index (χ1) is 6.57. The van der Waals surface area contributed by atoms with Crippen LogP contribution in [0.4, 0.5) is 0 Å². The number of ether oxygens (including phenoxy) is 1. The van der Waals surface area contributed by atoms with Crippen LogP contribution in [0.5, 0.6) is 0 Å². The Balaban J connectivity index is 0. The summed E-state index contributed by atoms with van der Waals surface area (Å²) >= 11 is 4.64. The first-order valence-corrected chi connectivity index (χ1v) is 4.02. The summed E-state index contributed by atoms with van der Waals surface area (Å²) in [6.07, 6.45) is 3.74. The minimum Gasteiger partial charge on any atom is -0.429 e. The Bertz CT molecular complexity index is 260. The largest absolute Gasteiger partial charge is 0.429 e. The SMILES string of the molecule is C=C(/C=C\C(=C)[N+](=O)[O-])OC=O.CCl. The van der Waals surface area contributed by atoms with Crippen LogP contribution >= 0.6 is 11.6 Å². The molecule has 0 aliphatic heterocycles. The third-order valence-corrected chi connectivity index (χ3v) is 0.896. The zero-order valence-electron chi connectivity index (χ0n) is 7.60. The summed E-state index contributed by atoms with van der Waals surface area (Å²) < 4.78 is 4.25. The second-order valence-electron chi connectivity index (χ2n) is 1.76. The maximum atomic E-state index is 9.98. The van der Waals surface area contributed by atoms with Crippen molar-refractivity contribution in [1.29, 1.82) is 0 Å². The second-order valence-corrected chi connectivity index (χ2v) is 1.76. The van der Waals surface area contributed by atoms with Crippen LogP contribution in [0.1, 0.15) is 0 Å². The fourth-order valence-corrected chi connectivity index (χ4v) is 0.351. The van der Waals surface area contributed by atoms with Crippen LogP contribution < -0.4 is 0 Å². The number of hydrogen-bond donors (Lipinski definition) is 0. The van der Waals surface area contributed by atoms with E-state index >= 15 is 0 Å². The second kappa shape index (κ2) is 9.47. The number of nitro groups is 1. The van der Waals surface area contributed by atoms with E-state index in [0.29, 0.717) is 0 Å². The molecule has 14 heavy (non-hydrogen) atoms. The lowest BCUT2D eigenvalue weighted by Gasteiger charge is -1.92. The Morgan fingerprint density at radius 2 is 1.93 bits per heavy atom. The van der Waals surface area contributed by atoms with Crippen LogP contribution in [0.3, 0.4) is 0 Å². The third-order valence-electron chi connectivity index (χ3n) is 0.896. The number of carbonyl (C=O) groups is 1. The van der Waals surface area contributed by atoms with E-state index in [4.69, 9.17) is 0 Å². The third kappa shape index (κ3) is 8.48. The van der Waals surface area contributed by atoms with Crippen molar-refractivity contribution in [2.24, 2.45) is 0 Å². The molecule has 0 aliphatic rings. The molecule has 0 aliphatic carbocycles. The van der Waals surface area contributed by atoms with Crippen molar-refractivity contribution in [2.75, 3.05) is 6.38 Å². The van der Waals surface area contributed by atoms with Crippen LogP contribution in [-0.2, 0) is 9.53 Å². The van der Waals surface area contributed by atoms with E-state index in [1.54, 1.807) is 0 Å². The molecule has 0 heterocycles. The van der Waals surface area contributed by atoms with Gasteiger partial charge in [-0.2, -0.15) is 0 Å². The van der Waals surface area contributed by atoms with Crippen LogP contribution in [0, 0.1) is 10.1 Å². The molecule has 0 saturated carbocycles. The first kappa shape index (κ1) is 14.9. The molecule has 5 nitrogen and oxygen atoms in total. The van der Waals surface area contributed by atoms with Crippen LogP contribution in [0.2, 0.25) is 0 Å². The van der Waals surface area contributed by atoms with Gasteiger partial charge in [-0.25, -0.2) is 0 Å². The van der Waals surface area contributed by atoms with Crippen molar-refractivity contribution in [1.82, 2.24) is 0 Å². The van der Waals surface area contributed by atoms with Gasteiger partial charge in [-0.3, -0.25) is 14.9 Å². The highest BCUT2D eigenvalue weighted by molar-refractivity contribution is 6.15. The van der Waals surface area contributed by atoms with E-state index in [2.05, 4.69) is 29.5 Å². The molecule has 0 aromatic carbocycles. The minimum atomic E-state index is -0.662. The summed E-state index contributed by atoms with van der Waals surface area (Å²) in [6, 6.07) is 0. The van der Waals surface area contributed by atoms with E-state index in [-0.39, 0.29) is 17.9 Å². The van der Waals surface area contributed by atoms with Gasteiger partial charge in [0.15, 0.2) is 0 Å². The van der Waals surface area contributed by atoms with E-state index in [0.717, 1.165) is 6.08 Å². The van der Waals surface area contributed by atoms with Gasteiger partial charge < -0.3 is 4.74 Å². The quantitative estimate of drug-likeness (QED) is 0.177. The molecule has 0 aromatic heterocycles. The normalized spacial score (nSPS) is 8.43. The molecular weight excluding hydrogens is 210 g/mol. The number of carbonyl (C=O) groups excluding carboxylic acids is 1. The molecule has 0 atom stereocenters. The maximum absolute atomic E-state index is 9.98. The fourth-order valence-electron chi connectivity index (χ4n) is 0.351. The van der Waals surface area contributed by atoms with Crippen LogP contribution in [0.25, 0.3) is 0 Å². The summed E-state index contributed by atoms with van der Waals surface area (Å²) in [7, 11) is 0. The van der Waals surface area contributed by atoms with Crippen LogP contribution in [-0.4, -0.2) is 17.8 Å². The van der Waals surface area contributed by atoms with Crippen molar-refractivity contribution in [3.05, 3.63) is 46.9 Å². The molecule has 78 valence electrons. The molecule has 0 fully saturated rings. The number of nitrogens with zero attached hydrogens (tertiary/aromatic N) is 1. The molecule has 0 radical (unpaired) electrons. The number of allylic oxidation sites excluding steroid dienone is 2. The predicted octanol–water partition coefficient (Wildman–Crippen LogP) is 1.87. The van der Waals surface area contributed by atoms with Gasteiger partial charge in [0.25, 0.3) is 12.2 Å². The number of hydrogen-bond acceptors (Lipinski definition) is 4. The molecule has 0 aromatic rings. The van der Waals surface area contributed by atoms with Crippen molar-refractivity contribution in [3.8, 4) is 0 Å². The van der Waals surface area contributed by atoms with Gasteiger partial charge in [0.05, 0.1) is 4.92 Å². The van der Waals surface area contributed by atoms with Crippen molar-refractivity contribution < 1.29 is 14.5 Å². The standard InChI is InChI=1S/C7H7NO4.CH3Cl/c1-6(8(10)11)3-4-7(2)12-5-9;1-2/h3-5H,1-2H2;1H3/b4-3-;. The summed E-state index contributed by atoms with van der Waals surface area (Å²) in [6.45, 7) is 6.57. The van der Waals surface area contributed by atoms with Gasteiger partial charge in [-0.15, -0.1) is 11.6 Å². The highest BCUT2D eigenvalue weighted by Crippen LogP contribution is 1.98. The smallest absolute Gasteiger partial charge is 0.298 e. The molecule has 0 spiro atoms. The Labute approximate surface area is 86.5 Å². The number of rotatable bonds is 5. The highest BCUT2D eigenvalue weighted by atomic mass is 35.5. The monoisotopic (exact) mass is 219 g/mol. The first-order valence-electron chi connectivity index (χ1n) is 3.26. The maximum Gasteiger partial charge on any atom is 0.298 e. The van der Waals surface area contributed by atoms with Crippen molar-refractivity contribution >= 4 is 18.1 Å². The molecular formula is C8H10ClNO4. The molecule has 0 amide bonds. The molecule has 0 saturated heterocycles. The molecule has 0 N–H and O–H groups in total. The van der Waals surface area contributed by atoms with Gasteiger partial charge >= 0.3 is 0 Å². The minimum absolute atomic E-state index is 0.0213. The van der Waals surface area contributed by atoms with Gasteiger partial charge in [-0.1, -0.05) is 6.58 Å². The lowest BCUT2D eigenvalue weighted by Crippen LogP contribution is -1.93. The van der Waals surface area contributed by atoms with Crippen molar-refractivity contribution in [2.45, 2.75) is 0 Å². The predicted molar refractivity (Wildman–Crippen MR) is 53.3 cm³/mol. The summed E-state index contributed by atoms with van der Waals surface area (Å²) in [5.41, 5.74) is -0.300. The average Bonchev–Trinajstić information content (AvgIpc) is 2.17. The fraction of sp³-hybridized carbons (Fsp3) is 0.125. The van der Waals surface area contributed by atoms with E-state index < -0.39 is 4.92 Å². The molecule has 0 unspecified atom stereocenters. The molecule has 6 heteroatoms. The Hall–Kier alpha value is -1.62. The van der Waals surface area contributed by atoms with E-state index in [1.807, 2.05) is 0 Å². The summed E-state index contributed by atoms with van der Waals surface area (Å²) in [5, 5.41) is 9.98. The Morgan fingerprint density at radius 1 is 1.43 bits per heavy atom. The lowest BCUT2D eigenvalue weighted by atomic mass is 10.4. The Kier molecular flexibility index (Phi) is 10.1. The van der Waals surface area contributed by atoms with Crippen LogP contribution in [0.15, 0.2) is 36.8 Å². The highest BCUT2D eigenvalue weighted by Gasteiger charge is 1.99. The van der Waals surface area contributed by atoms with Gasteiger partial charge in [0, 0.05) is 12.5 Å². The van der Waals surface area contributed by atoms with Gasteiger partial charge in [0.1, 0.15) is 5.76 Å². The van der Waals surface area contributed by atoms with E-state index in [9.17, 15) is 14.9 Å². The topological polar surface area (TPSA) is 69.4 Å². The lowest BCUT2D eigenvalue weighted by molar-refractivity contribution is -0.418. The number of halogens is 1. The average molecular weight is 220 g/mol. The van der Waals surface area contributed by atoms with E-state index in [1.165, 1.54) is 12.5 Å².